The average molecular weight is 329 g/mol. The number of nitrogens with one attached hydrogen (secondary N) is 2. The highest BCUT2D eigenvalue weighted by Gasteiger charge is 2.18. The van der Waals surface area contributed by atoms with Gasteiger partial charge in [0.05, 0.1) is 5.75 Å². The molecule has 0 saturated carbocycles. The van der Waals surface area contributed by atoms with E-state index in [2.05, 4.69) is 10.0 Å². The molecule has 2 N–H and O–H groups in total. The van der Waals surface area contributed by atoms with Gasteiger partial charge in [-0.1, -0.05) is 30.7 Å². The SMILES string of the molecule is CNCc1cccc(CS(=O)(=O)NCC2CCCCS2)c1. The second-order valence-corrected chi connectivity index (χ2v) is 8.66. The van der Waals surface area contributed by atoms with Crippen molar-refractivity contribution in [2.24, 2.45) is 0 Å². The Morgan fingerprint density at radius 1 is 1.29 bits per heavy atom. The molecule has 1 aromatic rings. The van der Waals surface area contributed by atoms with Crippen LogP contribution in [-0.2, 0) is 22.3 Å². The fourth-order valence-electron chi connectivity index (χ4n) is 2.49. The molecule has 0 amide bonds. The Hall–Kier alpha value is -0.560. The van der Waals surface area contributed by atoms with Gasteiger partial charge in [0.15, 0.2) is 0 Å². The predicted molar refractivity (Wildman–Crippen MR) is 89.9 cm³/mol. The summed E-state index contributed by atoms with van der Waals surface area (Å²) >= 11 is 1.88. The number of hydrogen-bond donors (Lipinski definition) is 2. The van der Waals surface area contributed by atoms with Crippen LogP contribution in [0.5, 0.6) is 0 Å². The average Bonchev–Trinajstić information content (AvgIpc) is 2.47. The molecule has 6 heteroatoms. The molecule has 1 fully saturated rings. The molecule has 1 unspecified atom stereocenters. The van der Waals surface area contributed by atoms with Crippen LogP contribution >= 0.6 is 11.8 Å². The van der Waals surface area contributed by atoms with Gasteiger partial charge in [-0.3, -0.25) is 0 Å². The van der Waals surface area contributed by atoms with Crippen LogP contribution in [0.25, 0.3) is 0 Å². The lowest BCUT2D eigenvalue weighted by molar-refractivity contribution is 0.573. The van der Waals surface area contributed by atoms with Gasteiger partial charge in [0.2, 0.25) is 10.0 Å². The minimum atomic E-state index is -3.25. The summed E-state index contributed by atoms with van der Waals surface area (Å²) in [5, 5.41) is 3.51. The van der Waals surface area contributed by atoms with Crippen LogP contribution in [0.2, 0.25) is 0 Å². The highest BCUT2D eigenvalue weighted by atomic mass is 32.2. The van der Waals surface area contributed by atoms with E-state index in [1.165, 1.54) is 12.8 Å². The minimum Gasteiger partial charge on any atom is -0.316 e. The van der Waals surface area contributed by atoms with Crippen molar-refractivity contribution in [3.63, 3.8) is 0 Å². The molecule has 1 atom stereocenters. The Balaban J connectivity index is 1.89. The third-order valence-corrected chi connectivity index (χ3v) is 6.25. The van der Waals surface area contributed by atoms with Crippen molar-refractivity contribution < 1.29 is 8.42 Å². The van der Waals surface area contributed by atoms with Crippen molar-refractivity contribution in [3.05, 3.63) is 35.4 Å². The van der Waals surface area contributed by atoms with Crippen LogP contribution in [0.3, 0.4) is 0 Å². The molecule has 21 heavy (non-hydrogen) atoms. The molecule has 4 nitrogen and oxygen atoms in total. The van der Waals surface area contributed by atoms with Crippen LogP contribution < -0.4 is 10.0 Å². The first-order chi connectivity index (χ1) is 10.1. The topological polar surface area (TPSA) is 58.2 Å². The smallest absolute Gasteiger partial charge is 0.215 e. The van der Waals surface area contributed by atoms with Crippen molar-refractivity contribution >= 4 is 21.8 Å². The molecule has 0 radical (unpaired) electrons. The quantitative estimate of drug-likeness (QED) is 0.805. The van der Waals surface area contributed by atoms with E-state index in [1.807, 2.05) is 43.1 Å². The van der Waals surface area contributed by atoms with E-state index in [1.54, 1.807) is 0 Å². The van der Waals surface area contributed by atoms with Crippen molar-refractivity contribution in [2.45, 2.75) is 36.8 Å². The number of thioether (sulfide) groups is 1. The number of hydrogen-bond acceptors (Lipinski definition) is 4. The molecule has 118 valence electrons. The van der Waals surface area contributed by atoms with Crippen molar-refractivity contribution in [3.8, 4) is 0 Å². The predicted octanol–water partition coefficient (Wildman–Crippen LogP) is 2.11. The normalized spacial score (nSPS) is 19.6. The highest BCUT2D eigenvalue weighted by Crippen LogP contribution is 2.24. The molecule has 1 saturated heterocycles. The Morgan fingerprint density at radius 3 is 2.81 bits per heavy atom. The summed E-state index contributed by atoms with van der Waals surface area (Å²) < 4.78 is 27.1. The lowest BCUT2D eigenvalue weighted by Gasteiger charge is -2.21. The van der Waals surface area contributed by atoms with E-state index in [0.717, 1.165) is 29.8 Å². The van der Waals surface area contributed by atoms with Gasteiger partial charge in [-0.15, -0.1) is 0 Å². The van der Waals surface area contributed by atoms with Crippen LogP contribution in [0.4, 0.5) is 0 Å². The van der Waals surface area contributed by atoms with Crippen LogP contribution in [0.1, 0.15) is 30.4 Å². The van der Waals surface area contributed by atoms with Crippen LogP contribution in [-0.4, -0.2) is 33.0 Å². The Bertz CT molecular complexity index is 540. The molecule has 2 rings (SSSR count). The van der Waals surface area contributed by atoms with Crippen LogP contribution in [0.15, 0.2) is 24.3 Å². The zero-order chi connectivity index (χ0) is 15.1. The Morgan fingerprint density at radius 2 is 2.10 bits per heavy atom. The summed E-state index contributed by atoms with van der Waals surface area (Å²) in [6, 6.07) is 7.73. The molecular weight excluding hydrogens is 304 g/mol. The van der Waals surface area contributed by atoms with Crippen molar-refractivity contribution in [1.29, 1.82) is 0 Å². The first kappa shape index (κ1) is 16.8. The van der Waals surface area contributed by atoms with E-state index in [0.29, 0.717) is 11.8 Å². The second kappa shape index (κ2) is 8.17. The molecule has 1 aliphatic rings. The van der Waals surface area contributed by atoms with E-state index >= 15 is 0 Å². The van der Waals surface area contributed by atoms with Gasteiger partial charge in [0.25, 0.3) is 0 Å². The second-order valence-electron chi connectivity index (χ2n) is 5.45. The maximum absolute atomic E-state index is 12.2. The fourth-order valence-corrected chi connectivity index (χ4v) is 5.01. The zero-order valence-corrected chi connectivity index (χ0v) is 14.1. The standard InChI is InChI=1S/C15H24N2O2S2/c1-16-10-13-5-4-6-14(9-13)12-21(18,19)17-11-15-7-2-3-8-20-15/h4-6,9,15-17H,2-3,7-8,10-12H2,1H3. The summed E-state index contributed by atoms with van der Waals surface area (Å²) in [7, 11) is -1.37. The van der Waals surface area contributed by atoms with Crippen LogP contribution in [0, 0.1) is 0 Å². The number of rotatable bonds is 7. The van der Waals surface area contributed by atoms with E-state index in [-0.39, 0.29) is 5.75 Å². The molecule has 1 aliphatic heterocycles. The van der Waals surface area contributed by atoms with Gasteiger partial charge < -0.3 is 5.32 Å². The Kier molecular flexibility index (Phi) is 6.54. The molecular formula is C15H24N2O2S2. The molecule has 0 spiro atoms. The van der Waals surface area contributed by atoms with Gasteiger partial charge >= 0.3 is 0 Å². The lowest BCUT2D eigenvalue weighted by Crippen LogP contribution is -2.32. The van der Waals surface area contributed by atoms with Gasteiger partial charge in [-0.2, -0.15) is 11.8 Å². The van der Waals surface area contributed by atoms with E-state index in [4.69, 9.17) is 0 Å². The van der Waals surface area contributed by atoms with E-state index in [9.17, 15) is 8.42 Å². The maximum Gasteiger partial charge on any atom is 0.215 e. The van der Waals surface area contributed by atoms with Gasteiger partial charge in [0.1, 0.15) is 0 Å². The molecule has 1 aromatic carbocycles. The van der Waals surface area contributed by atoms with Crippen molar-refractivity contribution in [1.82, 2.24) is 10.0 Å². The maximum atomic E-state index is 12.2. The Labute approximate surface area is 132 Å². The third kappa shape index (κ3) is 5.98. The third-order valence-electron chi connectivity index (χ3n) is 3.53. The van der Waals surface area contributed by atoms with Gasteiger partial charge in [0, 0.05) is 18.3 Å². The number of sulfonamides is 1. The van der Waals surface area contributed by atoms with Crippen molar-refractivity contribution in [2.75, 3.05) is 19.3 Å². The molecule has 0 aliphatic carbocycles. The summed E-state index contributed by atoms with van der Waals surface area (Å²) in [5.74, 6) is 1.21. The number of benzene rings is 1. The summed E-state index contributed by atoms with van der Waals surface area (Å²) in [4.78, 5) is 0. The van der Waals surface area contributed by atoms with E-state index < -0.39 is 10.0 Å². The highest BCUT2D eigenvalue weighted by molar-refractivity contribution is 8.00. The summed E-state index contributed by atoms with van der Waals surface area (Å²) in [5.41, 5.74) is 1.94. The van der Waals surface area contributed by atoms with Gasteiger partial charge in [-0.25, -0.2) is 13.1 Å². The molecule has 0 bridgehead atoms. The molecule has 1 heterocycles. The molecule has 0 aromatic heterocycles. The summed E-state index contributed by atoms with van der Waals surface area (Å²) in [6.45, 7) is 1.31. The van der Waals surface area contributed by atoms with Gasteiger partial charge in [-0.05, 0) is 36.8 Å². The monoisotopic (exact) mass is 328 g/mol. The minimum absolute atomic E-state index is 0.0575. The largest absolute Gasteiger partial charge is 0.316 e. The fraction of sp³-hybridized carbons (Fsp3) is 0.600. The first-order valence-corrected chi connectivity index (χ1v) is 10.1. The summed E-state index contributed by atoms with van der Waals surface area (Å²) in [6.07, 6.45) is 3.59. The zero-order valence-electron chi connectivity index (χ0n) is 12.5. The lowest BCUT2D eigenvalue weighted by atomic mass is 10.1. The first-order valence-electron chi connectivity index (χ1n) is 7.40.